The summed E-state index contributed by atoms with van der Waals surface area (Å²) in [5.74, 6) is -0.443. The van der Waals surface area contributed by atoms with Crippen LogP contribution < -0.4 is 11.1 Å². The molecule has 3 N–H and O–H groups in total. The zero-order valence-electron chi connectivity index (χ0n) is 13.4. The van der Waals surface area contributed by atoms with Crippen molar-refractivity contribution in [2.24, 2.45) is 5.73 Å². The number of carbonyl (C=O) groups is 1. The summed E-state index contributed by atoms with van der Waals surface area (Å²) >= 11 is 0. The fourth-order valence-corrected chi connectivity index (χ4v) is 3.53. The van der Waals surface area contributed by atoms with E-state index in [-0.39, 0.29) is 6.17 Å². The second kappa shape index (κ2) is 6.09. The van der Waals surface area contributed by atoms with Gasteiger partial charge in [-0.3, -0.25) is 10.1 Å². The summed E-state index contributed by atoms with van der Waals surface area (Å²) in [6.45, 7) is 0.953. The SMILES string of the molecule is NC(=O)c1cccc2c1ncn2C1Cc2ccccc2CCCN1. The summed E-state index contributed by atoms with van der Waals surface area (Å²) in [6, 6.07) is 14.2. The van der Waals surface area contributed by atoms with Crippen molar-refractivity contribution in [1.29, 1.82) is 0 Å². The number of hydrogen-bond acceptors (Lipinski definition) is 3. The lowest BCUT2D eigenvalue weighted by Gasteiger charge is -2.25. The Morgan fingerprint density at radius 2 is 2.00 bits per heavy atom. The van der Waals surface area contributed by atoms with Crippen LogP contribution in [0.4, 0.5) is 0 Å². The van der Waals surface area contributed by atoms with E-state index in [0.717, 1.165) is 31.3 Å². The largest absolute Gasteiger partial charge is 0.366 e. The van der Waals surface area contributed by atoms with Crippen LogP contribution in [0.15, 0.2) is 48.8 Å². The first-order valence-corrected chi connectivity index (χ1v) is 8.29. The number of benzene rings is 2. The van der Waals surface area contributed by atoms with Crippen LogP contribution in [0.1, 0.15) is 34.1 Å². The molecule has 5 nitrogen and oxygen atoms in total. The van der Waals surface area contributed by atoms with E-state index in [1.165, 1.54) is 11.1 Å². The van der Waals surface area contributed by atoms with Crippen molar-refractivity contribution in [3.05, 3.63) is 65.5 Å². The molecule has 2 aromatic carbocycles. The second-order valence-corrected chi connectivity index (χ2v) is 6.24. The van der Waals surface area contributed by atoms with Crippen LogP contribution in [-0.2, 0) is 12.8 Å². The predicted octanol–water partition coefficient (Wildman–Crippen LogP) is 2.41. The van der Waals surface area contributed by atoms with Crippen LogP contribution in [0, 0.1) is 0 Å². The topological polar surface area (TPSA) is 72.9 Å². The van der Waals surface area contributed by atoms with Crippen molar-refractivity contribution in [3.8, 4) is 0 Å². The maximum absolute atomic E-state index is 11.6. The zero-order valence-corrected chi connectivity index (χ0v) is 13.4. The molecule has 0 fully saturated rings. The molecule has 0 bridgehead atoms. The third kappa shape index (κ3) is 2.57. The molecule has 0 saturated heterocycles. The van der Waals surface area contributed by atoms with Gasteiger partial charge in [0, 0.05) is 6.42 Å². The number of primary amides is 1. The molecule has 1 aromatic heterocycles. The van der Waals surface area contributed by atoms with Gasteiger partial charge in [-0.1, -0.05) is 30.3 Å². The van der Waals surface area contributed by atoms with E-state index in [9.17, 15) is 4.79 Å². The molecule has 0 saturated carbocycles. The van der Waals surface area contributed by atoms with Crippen molar-refractivity contribution < 1.29 is 4.79 Å². The number of fused-ring (bicyclic) bond motifs is 2. The summed E-state index contributed by atoms with van der Waals surface area (Å²) in [5, 5.41) is 3.61. The number of hydrogen-bond donors (Lipinski definition) is 2. The molecule has 1 amide bonds. The number of carbonyl (C=O) groups excluding carboxylic acids is 1. The van der Waals surface area contributed by atoms with Crippen molar-refractivity contribution in [2.75, 3.05) is 6.54 Å². The third-order valence-electron chi connectivity index (χ3n) is 4.74. The van der Waals surface area contributed by atoms with E-state index in [0.29, 0.717) is 11.1 Å². The lowest BCUT2D eigenvalue weighted by Crippen LogP contribution is -2.31. The first kappa shape index (κ1) is 14.9. The molecule has 1 aliphatic rings. The van der Waals surface area contributed by atoms with Crippen LogP contribution in [-0.4, -0.2) is 22.0 Å². The number of aryl methyl sites for hydroxylation is 1. The molecule has 3 aromatic rings. The Morgan fingerprint density at radius 3 is 2.83 bits per heavy atom. The number of nitrogens with zero attached hydrogens (tertiary/aromatic N) is 2. The zero-order chi connectivity index (χ0) is 16.5. The minimum atomic E-state index is -0.443. The van der Waals surface area contributed by atoms with Crippen LogP contribution in [0.2, 0.25) is 0 Å². The number of amides is 1. The Morgan fingerprint density at radius 1 is 1.17 bits per heavy atom. The molecule has 1 aliphatic heterocycles. The smallest absolute Gasteiger partial charge is 0.250 e. The number of nitrogens with two attached hydrogens (primary N) is 1. The van der Waals surface area contributed by atoms with Crippen LogP contribution in [0.3, 0.4) is 0 Å². The molecule has 1 unspecified atom stereocenters. The average Bonchev–Trinajstić information content (AvgIpc) is 2.99. The molecular formula is C19H20N4O. The van der Waals surface area contributed by atoms with E-state index in [2.05, 4.69) is 39.1 Å². The summed E-state index contributed by atoms with van der Waals surface area (Å²) in [5.41, 5.74) is 10.3. The van der Waals surface area contributed by atoms with Gasteiger partial charge in [-0.05, 0) is 42.6 Å². The highest BCUT2D eigenvalue weighted by molar-refractivity contribution is 6.04. The normalized spacial score (nSPS) is 17.9. The third-order valence-corrected chi connectivity index (χ3v) is 4.74. The highest BCUT2D eigenvalue weighted by Gasteiger charge is 2.19. The van der Waals surface area contributed by atoms with E-state index in [1.807, 2.05) is 12.1 Å². The van der Waals surface area contributed by atoms with Gasteiger partial charge in [0.1, 0.15) is 5.52 Å². The number of nitrogens with one attached hydrogen (secondary N) is 1. The fraction of sp³-hybridized carbons (Fsp3) is 0.263. The summed E-state index contributed by atoms with van der Waals surface area (Å²) in [6.07, 6.45) is 5.01. The van der Waals surface area contributed by atoms with Gasteiger partial charge in [0.05, 0.1) is 23.6 Å². The molecule has 4 rings (SSSR count). The van der Waals surface area contributed by atoms with Crippen LogP contribution >= 0.6 is 0 Å². The highest BCUT2D eigenvalue weighted by Crippen LogP contribution is 2.24. The molecule has 122 valence electrons. The molecule has 0 radical (unpaired) electrons. The number of rotatable bonds is 2. The highest BCUT2D eigenvalue weighted by atomic mass is 16.1. The van der Waals surface area contributed by atoms with Gasteiger partial charge < -0.3 is 10.3 Å². The van der Waals surface area contributed by atoms with Crippen molar-refractivity contribution in [2.45, 2.75) is 25.4 Å². The molecule has 1 atom stereocenters. The standard InChI is InChI=1S/C19H20N4O/c20-19(24)15-8-3-9-16-18(15)22-12-23(16)17-11-14-6-2-1-5-13(14)7-4-10-21-17/h1-3,5-6,8-9,12,17,21H,4,7,10-11H2,(H2,20,24). The maximum Gasteiger partial charge on any atom is 0.250 e. The van der Waals surface area contributed by atoms with Crippen molar-refractivity contribution >= 4 is 16.9 Å². The van der Waals surface area contributed by atoms with Crippen LogP contribution in [0.25, 0.3) is 11.0 Å². The summed E-state index contributed by atoms with van der Waals surface area (Å²) in [4.78, 5) is 16.1. The lowest BCUT2D eigenvalue weighted by atomic mass is 9.97. The van der Waals surface area contributed by atoms with Gasteiger partial charge in [0.25, 0.3) is 5.91 Å². The number of aromatic nitrogens is 2. The molecule has 5 heteroatoms. The molecule has 24 heavy (non-hydrogen) atoms. The van der Waals surface area contributed by atoms with E-state index < -0.39 is 5.91 Å². The maximum atomic E-state index is 11.6. The number of para-hydroxylation sites is 1. The quantitative estimate of drug-likeness (QED) is 0.761. The Balaban J connectivity index is 1.77. The molecule has 0 spiro atoms. The molecule has 2 heterocycles. The first-order chi connectivity index (χ1) is 11.7. The predicted molar refractivity (Wildman–Crippen MR) is 93.8 cm³/mol. The summed E-state index contributed by atoms with van der Waals surface area (Å²) < 4.78 is 2.11. The Bertz CT molecular complexity index is 899. The van der Waals surface area contributed by atoms with E-state index >= 15 is 0 Å². The average molecular weight is 320 g/mol. The second-order valence-electron chi connectivity index (χ2n) is 6.24. The Hall–Kier alpha value is -2.66. The van der Waals surface area contributed by atoms with Gasteiger partial charge in [-0.15, -0.1) is 0 Å². The molecule has 0 aliphatic carbocycles. The molecular weight excluding hydrogens is 300 g/mol. The fourth-order valence-electron chi connectivity index (χ4n) is 3.53. The van der Waals surface area contributed by atoms with E-state index in [1.54, 1.807) is 12.4 Å². The Labute approximate surface area is 140 Å². The van der Waals surface area contributed by atoms with Crippen molar-refractivity contribution in [1.82, 2.24) is 14.9 Å². The summed E-state index contributed by atoms with van der Waals surface area (Å²) in [7, 11) is 0. The van der Waals surface area contributed by atoms with Gasteiger partial charge >= 0.3 is 0 Å². The van der Waals surface area contributed by atoms with Gasteiger partial charge in [-0.2, -0.15) is 0 Å². The first-order valence-electron chi connectivity index (χ1n) is 8.29. The van der Waals surface area contributed by atoms with E-state index in [4.69, 9.17) is 5.73 Å². The van der Waals surface area contributed by atoms with Gasteiger partial charge in [0.2, 0.25) is 0 Å². The number of imidazole rings is 1. The monoisotopic (exact) mass is 320 g/mol. The van der Waals surface area contributed by atoms with Gasteiger partial charge in [0.15, 0.2) is 0 Å². The van der Waals surface area contributed by atoms with Gasteiger partial charge in [-0.25, -0.2) is 4.98 Å². The Kier molecular flexibility index (Phi) is 3.78. The lowest BCUT2D eigenvalue weighted by molar-refractivity contribution is 0.100. The minimum Gasteiger partial charge on any atom is -0.366 e. The van der Waals surface area contributed by atoms with Crippen LogP contribution in [0.5, 0.6) is 0 Å². The van der Waals surface area contributed by atoms with Crippen molar-refractivity contribution in [3.63, 3.8) is 0 Å². The minimum absolute atomic E-state index is 0.111.